The van der Waals surface area contributed by atoms with Gasteiger partial charge >= 0.3 is 18.3 Å². The molecule has 1 aromatic carbocycles. The van der Waals surface area contributed by atoms with Crippen molar-refractivity contribution in [3.8, 4) is 0 Å². The third-order valence-corrected chi connectivity index (χ3v) is 5.93. The largest absolute Gasteiger partial charge is 0.460 e. The number of carbonyl (C=O) groups is 1. The van der Waals surface area contributed by atoms with Gasteiger partial charge in [0.1, 0.15) is 12.0 Å². The monoisotopic (exact) mass is 498 g/mol. The van der Waals surface area contributed by atoms with E-state index in [4.69, 9.17) is 11.6 Å². The summed E-state index contributed by atoms with van der Waals surface area (Å²) in [5.41, 5.74) is -9.88. The molecule has 0 aliphatic heterocycles. The SMILES string of the molecule is C=CC1(C(=O)OCc2c(F)c(F)c(C)c(F)c2F)C(C(F)(F)OC(Cl)C(F)(F)F)C1(C)C. The van der Waals surface area contributed by atoms with Crippen molar-refractivity contribution >= 4 is 17.6 Å². The molecule has 0 amide bonds. The maximum Gasteiger partial charge on any atom is 0.428 e. The van der Waals surface area contributed by atoms with Crippen LogP contribution in [0.15, 0.2) is 12.7 Å². The van der Waals surface area contributed by atoms with E-state index in [1.807, 2.05) is 0 Å². The number of hydrogen-bond donors (Lipinski definition) is 0. The van der Waals surface area contributed by atoms with Crippen molar-refractivity contribution in [1.29, 1.82) is 0 Å². The van der Waals surface area contributed by atoms with Crippen LogP contribution in [-0.2, 0) is 20.9 Å². The molecule has 3 atom stereocenters. The first-order valence-electron chi connectivity index (χ1n) is 8.76. The van der Waals surface area contributed by atoms with Crippen LogP contribution in [0.5, 0.6) is 0 Å². The van der Waals surface area contributed by atoms with E-state index < -0.39 is 81.6 Å². The molecule has 2 rings (SSSR count). The van der Waals surface area contributed by atoms with Crippen LogP contribution in [0.4, 0.5) is 39.5 Å². The molecule has 13 heteroatoms. The Morgan fingerprint density at radius 3 is 1.97 bits per heavy atom. The lowest BCUT2D eigenvalue weighted by Gasteiger charge is -2.23. The van der Waals surface area contributed by atoms with Gasteiger partial charge in [0, 0.05) is 5.56 Å². The van der Waals surface area contributed by atoms with Gasteiger partial charge in [0.15, 0.2) is 23.3 Å². The Morgan fingerprint density at radius 2 is 1.56 bits per heavy atom. The Morgan fingerprint density at radius 1 is 1.09 bits per heavy atom. The van der Waals surface area contributed by atoms with E-state index in [-0.39, 0.29) is 0 Å². The van der Waals surface area contributed by atoms with Crippen LogP contribution >= 0.6 is 11.6 Å². The van der Waals surface area contributed by atoms with Gasteiger partial charge in [-0.1, -0.05) is 31.5 Å². The van der Waals surface area contributed by atoms with Gasteiger partial charge in [-0.25, -0.2) is 17.6 Å². The van der Waals surface area contributed by atoms with Gasteiger partial charge < -0.3 is 4.74 Å². The first-order valence-corrected chi connectivity index (χ1v) is 9.20. The molecule has 0 saturated heterocycles. The highest BCUT2D eigenvalue weighted by Gasteiger charge is 2.83. The molecule has 1 aromatic rings. The number of rotatable bonds is 7. The van der Waals surface area contributed by atoms with Crippen LogP contribution in [0, 0.1) is 46.9 Å². The van der Waals surface area contributed by atoms with Crippen LogP contribution in [-0.4, -0.2) is 23.8 Å². The first kappa shape index (κ1) is 26.3. The number of ether oxygens (including phenoxy) is 2. The number of benzene rings is 1. The summed E-state index contributed by atoms with van der Waals surface area (Å²) in [6, 6.07) is 0. The Labute approximate surface area is 181 Å². The summed E-state index contributed by atoms with van der Waals surface area (Å²) in [5.74, 6) is -11.1. The average Bonchev–Trinajstić information content (AvgIpc) is 3.21. The number of halogens is 10. The summed E-state index contributed by atoms with van der Waals surface area (Å²) < 4.78 is 130. The van der Waals surface area contributed by atoms with E-state index >= 15 is 0 Å². The third kappa shape index (κ3) is 3.95. The first-order chi connectivity index (χ1) is 14.4. The molecule has 3 unspecified atom stereocenters. The Kier molecular flexibility index (Phi) is 6.68. The number of hydrogen-bond acceptors (Lipinski definition) is 3. The van der Waals surface area contributed by atoms with E-state index in [1.54, 1.807) is 0 Å². The van der Waals surface area contributed by atoms with Gasteiger partial charge in [0.25, 0.3) is 0 Å². The molecule has 1 fully saturated rings. The minimum Gasteiger partial charge on any atom is -0.460 e. The van der Waals surface area contributed by atoms with Crippen molar-refractivity contribution in [2.24, 2.45) is 16.7 Å². The zero-order chi connectivity index (χ0) is 25.0. The quantitative estimate of drug-likeness (QED) is 0.148. The van der Waals surface area contributed by atoms with Gasteiger partial charge in [0.2, 0.25) is 5.56 Å². The molecule has 1 aliphatic carbocycles. The normalized spacial score (nSPS) is 23.6. The number of carbonyl (C=O) groups excluding carboxylic acids is 1. The van der Waals surface area contributed by atoms with Crippen LogP contribution in [0.25, 0.3) is 0 Å². The third-order valence-electron chi connectivity index (χ3n) is 5.60. The van der Waals surface area contributed by atoms with Crippen molar-refractivity contribution in [2.45, 2.75) is 45.2 Å². The Bertz CT molecular complexity index is 916. The number of alkyl halides is 6. The molecule has 0 heterocycles. The van der Waals surface area contributed by atoms with Crippen molar-refractivity contribution < 1.29 is 53.8 Å². The van der Waals surface area contributed by atoms with E-state index in [0.717, 1.165) is 20.8 Å². The average molecular weight is 499 g/mol. The van der Waals surface area contributed by atoms with Gasteiger partial charge in [-0.05, 0) is 12.3 Å². The summed E-state index contributed by atoms with van der Waals surface area (Å²) in [4.78, 5) is 12.6. The van der Waals surface area contributed by atoms with Gasteiger partial charge in [-0.15, -0.1) is 6.58 Å². The summed E-state index contributed by atoms with van der Waals surface area (Å²) in [5, 5.41) is 0. The van der Waals surface area contributed by atoms with Crippen molar-refractivity contribution in [3.05, 3.63) is 47.1 Å². The smallest absolute Gasteiger partial charge is 0.428 e. The molecule has 0 radical (unpaired) electrons. The molecule has 0 aromatic heterocycles. The molecule has 1 aliphatic rings. The summed E-state index contributed by atoms with van der Waals surface area (Å²) in [6.07, 6.45) is -9.30. The van der Waals surface area contributed by atoms with Crippen molar-refractivity contribution in [1.82, 2.24) is 0 Å². The minimum atomic E-state index is -5.35. The topological polar surface area (TPSA) is 35.5 Å². The van der Waals surface area contributed by atoms with Gasteiger partial charge in [-0.2, -0.15) is 22.0 Å². The minimum absolute atomic E-state index is 0.664. The zero-order valence-corrected chi connectivity index (χ0v) is 17.4. The lowest BCUT2D eigenvalue weighted by molar-refractivity contribution is -0.316. The van der Waals surface area contributed by atoms with E-state index in [1.165, 1.54) is 0 Å². The van der Waals surface area contributed by atoms with Gasteiger partial charge in [-0.3, -0.25) is 9.53 Å². The van der Waals surface area contributed by atoms with E-state index in [2.05, 4.69) is 16.1 Å². The molecular formula is C19H16ClF9O3. The fourth-order valence-corrected chi connectivity index (χ4v) is 3.89. The lowest BCUT2D eigenvalue weighted by atomic mass is 9.96. The van der Waals surface area contributed by atoms with Crippen LogP contribution in [0.3, 0.4) is 0 Å². The van der Waals surface area contributed by atoms with E-state index in [0.29, 0.717) is 6.08 Å². The highest BCUT2D eigenvalue weighted by Crippen LogP contribution is 2.75. The Balaban J connectivity index is 2.32. The second-order valence-corrected chi connectivity index (χ2v) is 8.10. The molecule has 3 nitrogen and oxygen atoms in total. The predicted octanol–water partition coefficient (Wildman–Crippen LogP) is 6.16. The molecule has 0 bridgehead atoms. The summed E-state index contributed by atoms with van der Waals surface area (Å²) in [6.45, 7) is 4.69. The fourth-order valence-electron chi connectivity index (χ4n) is 3.77. The Hall–Kier alpha value is -1.95. The molecule has 32 heavy (non-hydrogen) atoms. The molecule has 0 N–H and O–H groups in total. The molecule has 0 spiro atoms. The van der Waals surface area contributed by atoms with Crippen LogP contribution in [0.1, 0.15) is 25.0 Å². The summed E-state index contributed by atoms with van der Waals surface area (Å²) >= 11 is 4.82. The highest BCUT2D eigenvalue weighted by atomic mass is 35.5. The maximum absolute atomic E-state index is 14.5. The number of esters is 1. The highest BCUT2D eigenvalue weighted by molar-refractivity contribution is 6.20. The van der Waals surface area contributed by atoms with Crippen LogP contribution < -0.4 is 0 Å². The summed E-state index contributed by atoms with van der Waals surface area (Å²) in [7, 11) is 0. The zero-order valence-electron chi connectivity index (χ0n) is 16.7. The second kappa shape index (κ2) is 8.12. The molecule has 1 saturated carbocycles. The predicted molar refractivity (Wildman–Crippen MR) is 92.4 cm³/mol. The van der Waals surface area contributed by atoms with Crippen LogP contribution in [0.2, 0.25) is 0 Å². The van der Waals surface area contributed by atoms with E-state index in [9.17, 15) is 44.3 Å². The fraction of sp³-hybridized carbons (Fsp3) is 0.526. The van der Waals surface area contributed by atoms with Crippen molar-refractivity contribution in [2.75, 3.05) is 0 Å². The second-order valence-electron chi connectivity index (χ2n) is 7.70. The molecule has 180 valence electrons. The maximum atomic E-state index is 14.5. The lowest BCUT2D eigenvalue weighted by Crippen LogP contribution is -2.38. The molecular weight excluding hydrogens is 483 g/mol. The van der Waals surface area contributed by atoms with Crippen molar-refractivity contribution in [3.63, 3.8) is 0 Å². The van der Waals surface area contributed by atoms with Gasteiger partial charge in [0.05, 0.1) is 11.5 Å². The standard InChI is InChI=1S/C19H16ClF9O3/c1-5-17(13(16(17,3)4)19(28,29)32-14(20)18(25,26)27)15(30)31-6-8-11(23)9(21)7(2)10(22)12(8)24/h5,13-14H,1,6H2,2-4H3.